The zero-order chi connectivity index (χ0) is 47.3. The minimum atomic E-state index is -1.46. The largest absolute Gasteiger partial charge is 0.457 e. The SMILES string of the molecule is CCc1ccc(Oc2ccc([N+](=O)[O-])cc2[N+](C)=O)cc1C1C(=O)C(C)(C)OC(C)(CCCc2ccc(Oc3ccc([N+](C)=O)c(C)c3)cc2C2C(=O)C(C)(C)OC(C)(C)C2=O)C1=O. The Hall–Kier alpha value is -6.32. The maximum absolute atomic E-state index is 14.8. The summed E-state index contributed by atoms with van der Waals surface area (Å²) in [4.78, 5) is 92.4. The Balaban J connectivity index is 1.32. The number of carbonyl (C=O) groups is 4. The van der Waals surface area contributed by atoms with Crippen LogP contribution in [0.25, 0.3) is 0 Å². The van der Waals surface area contributed by atoms with Crippen molar-refractivity contribution in [2.45, 2.75) is 122 Å². The van der Waals surface area contributed by atoms with Gasteiger partial charge in [-0.2, -0.15) is 0 Å². The van der Waals surface area contributed by atoms with E-state index < -0.39 is 62.3 Å². The molecule has 0 aromatic heterocycles. The number of benzene rings is 4. The Morgan fingerprint density at radius 1 is 0.609 bits per heavy atom. The summed E-state index contributed by atoms with van der Waals surface area (Å²) in [5.41, 5.74) is -2.36. The molecule has 6 rings (SSSR count). The fourth-order valence-corrected chi connectivity index (χ4v) is 8.96. The number of rotatable bonds is 14. The average Bonchev–Trinajstić information content (AvgIpc) is 3.20. The molecule has 0 amide bonds. The van der Waals surface area contributed by atoms with Crippen molar-refractivity contribution in [1.82, 2.24) is 0 Å². The first-order valence-electron chi connectivity index (χ1n) is 21.2. The van der Waals surface area contributed by atoms with Crippen LogP contribution in [0.2, 0.25) is 0 Å². The second kappa shape index (κ2) is 17.3. The van der Waals surface area contributed by atoms with E-state index in [9.17, 15) is 39.1 Å². The van der Waals surface area contributed by atoms with E-state index in [0.717, 1.165) is 16.4 Å². The highest BCUT2D eigenvalue weighted by molar-refractivity contribution is 6.16. The maximum Gasteiger partial charge on any atom is 0.304 e. The van der Waals surface area contributed by atoms with Gasteiger partial charge in [-0.05, 0) is 146 Å². The van der Waals surface area contributed by atoms with Crippen LogP contribution in [-0.4, -0.2) is 74.1 Å². The molecule has 0 aliphatic carbocycles. The van der Waals surface area contributed by atoms with Crippen molar-refractivity contribution in [3.05, 3.63) is 121 Å². The van der Waals surface area contributed by atoms with Crippen LogP contribution in [0.4, 0.5) is 17.1 Å². The maximum atomic E-state index is 14.8. The van der Waals surface area contributed by atoms with Crippen molar-refractivity contribution in [2.75, 3.05) is 14.1 Å². The smallest absolute Gasteiger partial charge is 0.304 e. The highest BCUT2D eigenvalue weighted by Crippen LogP contribution is 2.45. The van der Waals surface area contributed by atoms with Crippen molar-refractivity contribution in [3.8, 4) is 23.0 Å². The first-order valence-corrected chi connectivity index (χ1v) is 21.2. The van der Waals surface area contributed by atoms with E-state index in [4.69, 9.17) is 18.9 Å². The number of carbonyl (C=O) groups excluding carboxylic acids is 4. The molecule has 64 heavy (non-hydrogen) atoms. The van der Waals surface area contributed by atoms with Crippen molar-refractivity contribution in [2.24, 2.45) is 0 Å². The summed E-state index contributed by atoms with van der Waals surface area (Å²) >= 11 is 0. The Labute approximate surface area is 371 Å². The number of ether oxygens (including phenoxy) is 4. The molecule has 2 atom stereocenters. The highest BCUT2D eigenvalue weighted by atomic mass is 16.6. The Morgan fingerprint density at radius 2 is 1.11 bits per heavy atom. The summed E-state index contributed by atoms with van der Waals surface area (Å²) in [6.07, 6.45) is 1.31. The molecule has 2 aliphatic heterocycles. The average molecular weight is 878 g/mol. The van der Waals surface area contributed by atoms with E-state index in [1.165, 1.54) is 26.2 Å². The van der Waals surface area contributed by atoms with Gasteiger partial charge < -0.3 is 18.9 Å². The fourth-order valence-electron chi connectivity index (χ4n) is 8.96. The number of non-ortho nitro benzene ring substituents is 1. The Bertz CT molecular complexity index is 2600. The molecule has 4 aromatic rings. The number of nitrogens with zero attached hydrogens (tertiary/aromatic N) is 3. The van der Waals surface area contributed by atoms with Gasteiger partial charge >= 0.3 is 5.69 Å². The van der Waals surface area contributed by atoms with Gasteiger partial charge in [0.25, 0.3) is 11.4 Å². The number of nitro groups is 1. The van der Waals surface area contributed by atoms with Gasteiger partial charge in [0.05, 0.1) is 11.0 Å². The number of nitro benzene ring substituents is 1. The van der Waals surface area contributed by atoms with Crippen molar-refractivity contribution in [1.29, 1.82) is 0 Å². The quantitative estimate of drug-likeness (QED) is 0.0506. The molecule has 4 aromatic carbocycles. The molecule has 2 unspecified atom stereocenters. The highest BCUT2D eigenvalue weighted by Gasteiger charge is 2.56. The lowest BCUT2D eigenvalue weighted by atomic mass is 9.71. The molecule has 336 valence electrons. The number of Topliss-reactive ketones (excluding diaryl/α,β-unsaturated/α-hetero) is 4. The van der Waals surface area contributed by atoms with Crippen molar-refractivity contribution in [3.63, 3.8) is 0 Å². The predicted molar refractivity (Wildman–Crippen MR) is 236 cm³/mol. The topological polar surface area (TPSA) is 188 Å². The first kappa shape index (κ1) is 47.2. The van der Waals surface area contributed by atoms with Gasteiger partial charge in [-0.1, -0.05) is 19.1 Å². The van der Waals surface area contributed by atoms with Crippen LogP contribution >= 0.6 is 0 Å². The summed E-state index contributed by atoms with van der Waals surface area (Å²) in [7, 11) is 2.60. The molecule has 2 heterocycles. The molecule has 0 spiro atoms. The lowest BCUT2D eigenvalue weighted by Crippen LogP contribution is -2.59. The van der Waals surface area contributed by atoms with E-state index in [2.05, 4.69) is 0 Å². The molecule has 2 aliphatic rings. The van der Waals surface area contributed by atoms with E-state index in [-0.39, 0.29) is 29.3 Å². The minimum absolute atomic E-state index is 0.0425. The predicted octanol–water partition coefficient (Wildman–Crippen LogP) is 9.75. The van der Waals surface area contributed by atoms with E-state index >= 15 is 0 Å². The lowest BCUT2D eigenvalue weighted by molar-refractivity contribution is -0.430. The molecule has 15 heteroatoms. The molecule has 15 nitrogen and oxygen atoms in total. The molecule has 0 N–H and O–H groups in total. The van der Waals surface area contributed by atoms with E-state index in [0.29, 0.717) is 63.5 Å². The van der Waals surface area contributed by atoms with Crippen molar-refractivity contribution < 1.29 is 52.6 Å². The standard InChI is InChI=1S/C49H55N3O12/c1-12-29-15-18-34(62-39-22-17-31(52(59)60)25-38(39)51(11)58)27-35(29)41-44(55)48(7,8)64-49(9,45(41)56)23-13-14-30-16-19-33(61-32-20-21-37(50(10)57)28(2)24-32)26-36(30)40-42(53)46(3,4)63-47(5,6)43(40)54/h15-22,24-27,40-41H,12-14,23H2,1-11H3/q+2. The van der Waals surface area contributed by atoms with Crippen LogP contribution in [0.15, 0.2) is 72.8 Å². The van der Waals surface area contributed by atoms with Gasteiger partial charge in [-0.15, -0.1) is 0 Å². The zero-order valence-electron chi connectivity index (χ0n) is 38.2. The molecule has 2 saturated heterocycles. The van der Waals surface area contributed by atoms with Gasteiger partial charge in [-0.3, -0.25) is 29.3 Å². The van der Waals surface area contributed by atoms with Gasteiger partial charge in [0.15, 0.2) is 37.2 Å². The van der Waals surface area contributed by atoms with E-state index in [1.807, 2.05) is 6.92 Å². The van der Waals surface area contributed by atoms with Gasteiger partial charge in [0.1, 0.15) is 51.5 Å². The van der Waals surface area contributed by atoms with Crippen LogP contribution in [-0.2, 0) is 41.5 Å². The second-order valence-corrected chi connectivity index (χ2v) is 18.3. The lowest BCUT2D eigenvalue weighted by Gasteiger charge is -2.45. The molecule has 0 saturated carbocycles. The van der Waals surface area contributed by atoms with Crippen LogP contribution in [0.5, 0.6) is 23.0 Å². The van der Waals surface area contributed by atoms with Gasteiger partial charge in [0, 0.05) is 37.0 Å². The van der Waals surface area contributed by atoms with Gasteiger partial charge in [0.2, 0.25) is 5.75 Å². The molecule has 0 bridgehead atoms. The third kappa shape index (κ3) is 9.18. The second-order valence-electron chi connectivity index (χ2n) is 18.3. The fraction of sp³-hybridized carbons (Fsp3) is 0.429. The van der Waals surface area contributed by atoms with Crippen LogP contribution in [0, 0.1) is 26.9 Å². The summed E-state index contributed by atoms with van der Waals surface area (Å²) in [5, 5.41) is 11.4. The monoisotopic (exact) mass is 877 g/mol. The van der Waals surface area contributed by atoms with Crippen LogP contribution < -0.4 is 9.47 Å². The summed E-state index contributed by atoms with van der Waals surface area (Å²) < 4.78 is 26.0. The number of aryl methyl sites for hydroxylation is 3. The normalized spacial score (nSPS) is 20.5. The molecule has 0 radical (unpaired) electrons. The van der Waals surface area contributed by atoms with Gasteiger partial charge in [-0.25, -0.2) is 0 Å². The van der Waals surface area contributed by atoms with Crippen LogP contribution in [0.1, 0.15) is 108 Å². The minimum Gasteiger partial charge on any atom is -0.457 e. The third-order valence-corrected chi connectivity index (χ3v) is 12.1. The Morgan fingerprint density at radius 3 is 1.66 bits per heavy atom. The first-order chi connectivity index (χ1) is 29.8. The molecule has 2 fully saturated rings. The van der Waals surface area contributed by atoms with Crippen molar-refractivity contribution >= 4 is 40.2 Å². The summed E-state index contributed by atoms with van der Waals surface area (Å²) in [6, 6.07) is 18.9. The number of hydrogen-bond donors (Lipinski definition) is 0. The Kier molecular flexibility index (Phi) is 12.8. The van der Waals surface area contributed by atoms with Crippen LogP contribution in [0.3, 0.4) is 0 Å². The van der Waals surface area contributed by atoms with E-state index in [1.54, 1.807) is 110 Å². The number of ketones is 4. The molecular weight excluding hydrogens is 823 g/mol. The third-order valence-electron chi connectivity index (χ3n) is 12.1. The summed E-state index contributed by atoms with van der Waals surface area (Å²) in [6.45, 7) is 15.2. The number of hydrogen-bond acceptors (Lipinski definition) is 12. The number of nitroso groups, excluding NO2 is 2. The summed E-state index contributed by atoms with van der Waals surface area (Å²) in [5.74, 6) is -3.06. The zero-order valence-corrected chi connectivity index (χ0v) is 38.2. The molecular formula is C49H55N3O12+2.